The molecular weight excluding hydrogens is 509 g/mol. The monoisotopic (exact) mass is 539 g/mol. The summed E-state index contributed by atoms with van der Waals surface area (Å²) < 4.78 is 0. The van der Waals surface area contributed by atoms with Gasteiger partial charge in [-0.05, 0) is 43.0 Å². The summed E-state index contributed by atoms with van der Waals surface area (Å²) in [5.74, 6) is -5.80. The number of hydrogen-bond acceptors (Lipinski definition) is 6. The van der Waals surface area contributed by atoms with Crippen LogP contribution in [-0.2, 0) is 6.42 Å². The molecule has 0 spiro atoms. The van der Waals surface area contributed by atoms with Crippen molar-refractivity contribution in [3.05, 3.63) is 45.5 Å². The van der Waals surface area contributed by atoms with Crippen molar-refractivity contribution < 1.29 is 53.9 Å². The van der Waals surface area contributed by atoms with Gasteiger partial charge in [-0.15, -0.1) is 0 Å². The number of aromatic carboxylic acids is 4. The molecule has 13 nitrogen and oxygen atoms in total. The molecule has 0 fully saturated rings. The molecule has 0 radical (unpaired) electrons. The summed E-state index contributed by atoms with van der Waals surface area (Å²) in [4.78, 5) is 67.0. The van der Waals surface area contributed by atoms with Crippen molar-refractivity contribution in [2.75, 3.05) is 0 Å². The molecule has 0 unspecified atom stereocenters. The minimum Gasteiger partial charge on any atom is -0.478 e. The highest BCUT2D eigenvalue weighted by Gasteiger charge is 2.30. The van der Waals surface area contributed by atoms with E-state index in [1.807, 2.05) is 0 Å². The summed E-state index contributed by atoms with van der Waals surface area (Å²) >= 11 is 0. The first kappa shape index (κ1) is 33.2. The van der Waals surface area contributed by atoms with Crippen LogP contribution in [0.15, 0.2) is 12.1 Å². The zero-order chi connectivity index (χ0) is 28.4. The molecule has 0 atom stereocenters. The number of urea groups is 2. The number of carboxylic acids is 4. The minimum atomic E-state index is -1.47. The molecule has 0 saturated heterocycles. The van der Waals surface area contributed by atoms with Gasteiger partial charge in [-0.25, -0.2) is 28.8 Å². The van der Waals surface area contributed by atoms with E-state index in [9.17, 15) is 49.2 Å². The van der Waals surface area contributed by atoms with Gasteiger partial charge in [-0.1, -0.05) is 32.6 Å². The number of amides is 4. The number of imide groups is 1. The number of carbonyl (C=O) groups is 6. The molecule has 0 aromatic heterocycles. The third-order valence-electron chi connectivity index (χ3n) is 5.50. The Hall–Kier alpha value is -4.75. The van der Waals surface area contributed by atoms with E-state index in [4.69, 9.17) is 0 Å². The molecule has 2 aromatic carbocycles. The fraction of sp³-hybridized carbons (Fsp3) is 0.333. The Morgan fingerprint density at radius 2 is 1.13 bits per heavy atom. The molecule has 0 aliphatic heterocycles. The van der Waals surface area contributed by atoms with E-state index in [1.165, 1.54) is 6.92 Å². The summed E-state index contributed by atoms with van der Waals surface area (Å²) in [5.41, 5.74) is 7.65. The summed E-state index contributed by atoms with van der Waals surface area (Å²) in [5, 5.41) is 39.7. The Morgan fingerprint density at radius 1 is 0.711 bits per heavy atom. The van der Waals surface area contributed by atoms with E-state index < -0.39 is 47.1 Å². The van der Waals surface area contributed by atoms with Crippen molar-refractivity contribution in [3.63, 3.8) is 0 Å². The minimum absolute atomic E-state index is 0. The molecule has 38 heavy (non-hydrogen) atoms. The van der Waals surface area contributed by atoms with E-state index in [-0.39, 0.29) is 44.2 Å². The topological polar surface area (TPSA) is 247 Å². The highest BCUT2D eigenvalue weighted by molar-refractivity contribution is 6.23. The summed E-state index contributed by atoms with van der Waals surface area (Å²) in [6.07, 6.45) is 4.66. The third kappa shape index (κ3) is 8.15. The standard InChI is InChI=1S/C22H24O8.C2H5N3O2.FH/c1-3-4-5-6-7-8-12-11(2)15(21(27)28)16-13(19(23)24)9-10-14(20(25)26)17(16)18(12)22(29)30;3-1(6)5-2(4)7;/h9-10H,3-8H2,1-2H3,(H,23,24)(H,25,26)(H,27,28)(H,29,30);(H5,3,4,5,6,7);1H. The van der Waals surface area contributed by atoms with E-state index in [1.54, 1.807) is 5.32 Å². The highest BCUT2D eigenvalue weighted by Crippen LogP contribution is 2.36. The van der Waals surface area contributed by atoms with Gasteiger partial charge >= 0.3 is 35.9 Å². The number of fused-ring (bicyclic) bond motifs is 1. The first-order chi connectivity index (χ1) is 17.3. The molecule has 0 bridgehead atoms. The lowest BCUT2D eigenvalue weighted by molar-refractivity contribution is 0.0674. The van der Waals surface area contributed by atoms with Crippen molar-refractivity contribution in [2.24, 2.45) is 11.5 Å². The maximum Gasteiger partial charge on any atom is 0.336 e. The van der Waals surface area contributed by atoms with E-state index in [2.05, 4.69) is 18.4 Å². The molecule has 0 aliphatic carbocycles. The molecule has 0 heterocycles. The van der Waals surface area contributed by atoms with E-state index in [0.717, 1.165) is 37.8 Å². The second kappa shape index (κ2) is 14.7. The van der Waals surface area contributed by atoms with Crippen LogP contribution in [0.3, 0.4) is 0 Å². The van der Waals surface area contributed by atoms with Crippen LogP contribution >= 0.6 is 0 Å². The van der Waals surface area contributed by atoms with Gasteiger partial charge < -0.3 is 31.9 Å². The van der Waals surface area contributed by atoms with Gasteiger partial charge in [0.1, 0.15) is 0 Å². The fourth-order valence-corrected chi connectivity index (χ4v) is 4.00. The first-order valence-electron chi connectivity index (χ1n) is 11.2. The van der Waals surface area contributed by atoms with Crippen LogP contribution in [0.1, 0.15) is 91.6 Å². The zero-order valence-electron chi connectivity index (χ0n) is 20.7. The largest absolute Gasteiger partial charge is 0.478 e. The van der Waals surface area contributed by atoms with Crippen molar-refractivity contribution >= 4 is 46.7 Å². The Bertz CT molecular complexity index is 1250. The average Bonchev–Trinajstić information content (AvgIpc) is 2.76. The lowest BCUT2D eigenvalue weighted by atomic mass is 9.83. The predicted octanol–water partition coefficient (Wildman–Crippen LogP) is 3.34. The van der Waals surface area contributed by atoms with Crippen molar-refractivity contribution in [3.8, 4) is 0 Å². The number of halogens is 1. The molecule has 0 aliphatic rings. The molecule has 2 rings (SSSR count). The summed E-state index contributed by atoms with van der Waals surface area (Å²) in [6.45, 7) is 3.50. The van der Waals surface area contributed by atoms with Gasteiger partial charge in [0.2, 0.25) is 0 Å². The van der Waals surface area contributed by atoms with Gasteiger partial charge in [-0.3, -0.25) is 10.0 Å². The van der Waals surface area contributed by atoms with E-state index in [0.29, 0.717) is 6.42 Å². The lowest BCUT2D eigenvalue weighted by Crippen LogP contribution is -2.38. The third-order valence-corrected chi connectivity index (χ3v) is 5.50. The molecular formula is C24H30FN3O10. The van der Waals surface area contributed by atoms with Crippen LogP contribution in [0.2, 0.25) is 0 Å². The molecule has 9 N–H and O–H groups in total. The molecule has 4 amide bonds. The van der Waals surface area contributed by atoms with Crippen LogP contribution in [0.5, 0.6) is 0 Å². The number of primary amides is 2. The van der Waals surface area contributed by atoms with Crippen LogP contribution in [0.4, 0.5) is 14.3 Å². The highest BCUT2D eigenvalue weighted by atomic mass is 19.0. The number of rotatable bonds is 10. The Balaban J connectivity index is 0.00000151. The number of carboxylic acid groups (broad SMARTS) is 4. The van der Waals surface area contributed by atoms with Crippen LogP contribution in [0, 0.1) is 6.92 Å². The number of benzene rings is 2. The fourth-order valence-electron chi connectivity index (χ4n) is 4.00. The second-order valence-corrected chi connectivity index (χ2v) is 8.00. The average molecular weight is 540 g/mol. The number of unbranched alkanes of at least 4 members (excludes halogenated alkanes) is 4. The van der Waals surface area contributed by atoms with Crippen molar-refractivity contribution in [1.29, 1.82) is 0 Å². The number of nitrogens with one attached hydrogen (secondary N) is 1. The van der Waals surface area contributed by atoms with Crippen LogP contribution in [-0.4, -0.2) is 56.4 Å². The number of hydrogen-bond donors (Lipinski definition) is 7. The maximum absolute atomic E-state index is 12.2. The predicted molar refractivity (Wildman–Crippen MR) is 134 cm³/mol. The van der Waals surface area contributed by atoms with Crippen molar-refractivity contribution in [2.45, 2.75) is 52.4 Å². The maximum atomic E-state index is 12.2. The molecule has 2 aromatic rings. The molecule has 14 heteroatoms. The number of nitrogens with two attached hydrogens (primary N) is 2. The first-order valence-corrected chi connectivity index (χ1v) is 11.2. The smallest absolute Gasteiger partial charge is 0.336 e. The van der Waals surface area contributed by atoms with Crippen LogP contribution < -0.4 is 16.8 Å². The number of carbonyl (C=O) groups excluding carboxylic acids is 2. The summed E-state index contributed by atoms with van der Waals surface area (Å²) in [7, 11) is 0. The van der Waals surface area contributed by atoms with Crippen LogP contribution in [0.25, 0.3) is 10.8 Å². The zero-order valence-corrected chi connectivity index (χ0v) is 20.7. The van der Waals surface area contributed by atoms with Gasteiger partial charge in [0, 0.05) is 10.8 Å². The lowest BCUT2D eigenvalue weighted by Gasteiger charge is -2.19. The van der Waals surface area contributed by atoms with Gasteiger partial charge in [0.15, 0.2) is 0 Å². The Morgan fingerprint density at radius 3 is 1.47 bits per heavy atom. The summed E-state index contributed by atoms with van der Waals surface area (Å²) in [6, 6.07) is 0.128. The Kier molecular flexibility index (Phi) is 12.9. The normalized spacial score (nSPS) is 9.95. The van der Waals surface area contributed by atoms with Gasteiger partial charge in [-0.2, -0.15) is 0 Å². The molecule has 208 valence electrons. The Labute approximate surface area is 215 Å². The van der Waals surface area contributed by atoms with E-state index >= 15 is 0 Å². The van der Waals surface area contributed by atoms with Crippen molar-refractivity contribution in [1.82, 2.24) is 5.32 Å². The van der Waals surface area contributed by atoms with Gasteiger partial charge in [0.25, 0.3) is 0 Å². The quantitative estimate of drug-likeness (QED) is 0.217. The second-order valence-electron chi connectivity index (χ2n) is 8.00. The SMILES string of the molecule is CCCCCCCc1c(C)c(C(=O)O)c2c(C(=O)O)ccc(C(=O)O)c2c1C(=O)O.F.NC(=O)NC(N)=O. The van der Waals surface area contributed by atoms with Gasteiger partial charge in [0.05, 0.1) is 22.3 Å². The molecule has 0 saturated carbocycles.